The predicted octanol–water partition coefficient (Wildman–Crippen LogP) is 3.61. The van der Waals surface area contributed by atoms with E-state index in [2.05, 4.69) is 26.6 Å². The van der Waals surface area contributed by atoms with E-state index in [0.29, 0.717) is 18.5 Å². The molecule has 2 N–H and O–H groups in total. The molecule has 1 unspecified atom stereocenters. The largest absolute Gasteiger partial charge is 0.344 e. The number of carbonyl (C=O) groups is 2. The lowest BCUT2D eigenvalue weighted by atomic mass is 9.97. The Hall–Kier alpha value is -2.23. The van der Waals surface area contributed by atoms with Crippen molar-refractivity contribution in [2.75, 3.05) is 18.4 Å². The van der Waals surface area contributed by atoms with Gasteiger partial charge in [0.15, 0.2) is 0 Å². The molecular weight excluding hydrogens is 494 g/mol. The first-order valence-corrected chi connectivity index (χ1v) is 12.8. The van der Waals surface area contributed by atoms with Crippen LogP contribution in [-0.2, 0) is 19.6 Å². The zero-order valence-corrected chi connectivity index (χ0v) is 20.8. The lowest BCUT2D eigenvalue weighted by molar-refractivity contribution is -0.129. The number of nitrogens with one attached hydrogen (secondary N) is 2. The van der Waals surface area contributed by atoms with Crippen molar-refractivity contribution < 1.29 is 18.0 Å². The Balaban J connectivity index is 1.53. The highest BCUT2D eigenvalue weighted by Gasteiger charge is 2.32. The highest BCUT2D eigenvalue weighted by molar-refractivity contribution is 9.10. The van der Waals surface area contributed by atoms with Gasteiger partial charge in [0, 0.05) is 29.2 Å². The van der Waals surface area contributed by atoms with Crippen LogP contribution in [0.1, 0.15) is 30.9 Å². The molecule has 2 amide bonds. The van der Waals surface area contributed by atoms with Crippen LogP contribution >= 0.6 is 15.9 Å². The van der Waals surface area contributed by atoms with Crippen molar-refractivity contribution in [2.45, 2.75) is 44.6 Å². The Labute approximate surface area is 197 Å². The number of piperidine rings is 1. The fraction of sp³-hybridized carbons (Fsp3) is 0.391. The summed E-state index contributed by atoms with van der Waals surface area (Å²) in [5.74, 6) is -0.865. The minimum atomic E-state index is -3.57. The van der Waals surface area contributed by atoms with Crippen molar-refractivity contribution in [3.8, 4) is 0 Å². The summed E-state index contributed by atoms with van der Waals surface area (Å²) in [6.45, 7) is 6.01. The van der Waals surface area contributed by atoms with E-state index < -0.39 is 16.1 Å². The van der Waals surface area contributed by atoms with E-state index >= 15 is 0 Å². The molecule has 0 radical (unpaired) electrons. The number of sulfonamides is 1. The van der Waals surface area contributed by atoms with Gasteiger partial charge in [-0.1, -0.05) is 33.6 Å². The molecule has 1 aliphatic rings. The van der Waals surface area contributed by atoms with Crippen LogP contribution in [-0.4, -0.2) is 43.7 Å². The molecule has 1 atom stereocenters. The van der Waals surface area contributed by atoms with E-state index in [0.717, 1.165) is 15.6 Å². The zero-order valence-electron chi connectivity index (χ0n) is 18.4. The molecule has 9 heteroatoms. The molecule has 32 heavy (non-hydrogen) atoms. The molecule has 7 nitrogen and oxygen atoms in total. The van der Waals surface area contributed by atoms with Gasteiger partial charge in [-0.25, -0.2) is 8.42 Å². The van der Waals surface area contributed by atoms with Crippen molar-refractivity contribution in [3.05, 3.63) is 58.1 Å². The standard InChI is InChI=1S/C23H28BrN3O4S/c1-15-4-7-20(8-5-15)32(30,31)27-12-10-18(11-13-27)23(29)25-17(3)22(28)26-19-6-9-21(24)16(2)14-19/h4-9,14,17-18H,10-13H2,1-3H3,(H,25,29)(H,26,28). The van der Waals surface area contributed by atoms with Crippen molar-refractivity contribution in [1.82, 2.24) is 9.62 Å². The summed E-state index contributed by atoms with van der Waals surface area (Å²) in [5.41, 5.74) is 2.64. The van der Waals surface area contributed by atoms with Crippen molar-refractivity contribution >= 4 is 43.5 Å². The number of hydrogen-bond donors (Lipinski definition) is 2. The molecule has 1 fully saturated rings. The molecule has 1 saturated heterocycles. The number of amides is 2. The molecule has 2 aromatic carbocycles. The van der Waals surface area contributed by atoms with Crippen molar-refractivity contribution in [3.63, 3.8) is 0 Å². The van der Waals surface area contributed by atoms with Crippen LogP contribution in [0, 0.1) is 19.8 Å². The van der Waals surface area contributed by atoms with Crippen LogP contribution in [0.15, 0.2) is 51.8 Å². The van der Waals surface area contributed by atoms with Crippen molar-refractivity contribution in [2.24, 2.45) is 5.92 Å². The number of anilines is 1. The smallest absolute Gasteiger partial charge is 0.246 e. The lowest BCUT2D eigenvalue weighted by Crippen LogP contribution is -2.47. The van der Waals surface area contributed by atoms with Crippen molar-refractivity contribution in [1.29, 1.82) is 0 Å². The van der Waals surface area contributed by atoms with Crippen LogP contribution in [0.5, 0.6) is 0 Å². The molecule has 172 valence electrons. The molecule has 0 bridgehead atoms. The molecule has 0 aromatic heterocycles. The predicted molar refractivity (Wildman–Crippen MR) is 128 cm³/mol. The second-order valence-corrected chi connectivity index (χ2v) is 11.0. The maximum Gasteiger partial charge on any atom is 0.246 e. The van der Waals surface area contributed by atoms with E-state index in [9.17, 15) is 18.0 Å². The van der Waals surface area contributed by atoms with Crippen LogP contribution < -0.4 is 10.6 Å². The number of carbonyl (C=O) groups excluding carboxylic acids is 2. The molecule has 0 saturated carbocycles. The number of halogens is 1. The number of rotatable bonds is 6. The first-order chi connectivity index (χ1) is 15.1. The first kappa shape index (κ1) is 24.4. The molecule has 1 aliphatic heterocycles. The summed E-state index contributed by atoms with van der Waals surface area (Å²) in [6, 6.07) is 11.5. The van der Waals surface area contributed by atoms with Gasteiger partial charge in [0.1, 0.15) is 6.04 Å². The Morgan fingerprint density at radius 1 is 1.06 bits per heavy atom. The van der Waals surface area contributed by atoms with Crippen LogP contribution in [0.3, 0.4) is 0 Å². The van der Waals surface area contributed by atoms with Crippen LogP contribution in [0.25, 0.3) is 0 Å². The summed E-state index contributed by atoms with van der Waals surface area (Å²) in [6.07, 6.45) is 0.828. The van der Waals surface area contributed by atoms with Crippen LogP contribution in [0.4, 0.5) is 5.69 Å². The summed E-state index contributed by atoms with van der Waals surface area (Å²) in [4.78, 5) is 25.4. The van der Waals surface area contributed by atoms with E-state index in [4.69, 9.17) is 0 Å². The Bertz CT molecular complexity index is 1090. The normalized spacial score (nSPS) is 16.4. The second kappa shape index (κ2) is 10.1. The lowest BCUT2D eigenvalue weighted by Gasteiger charge is -2.31. The van der Waals surface area contributed by atoms with Gasteiger partial charge in [-0.05, 0) is 69.5 Å². The van der Waals surface area contributed by atoms with E-state index in [1.165, 1.54) is 4.31 Å². The molecular formula is C23H28BrN3O4S. The molecule has 1 heterocycles. The Morgan fingerprint density at radius 3 is 2.28 bits per heavy atom. The average molecular weight is 522 g/mol. The second-order valence-electron chi connectivity index (χ2n) is 8.17. The highest BCUT2D eigenvalue weighted by atomic mass is 79.9. The number of hydrogen-bond acceptors (Lipinski definition) is 4. The van der Waals surface area contributed by atoms with Gasteiger partial charge in [0.25, 0.3) is 0 Å². The Kier molecular flexibility index (Phi) is 7.74. The SMILES string of the molecule is Cc1ccc(S(=O)(=O)N2CCC(C(=O)NC(C)C(=O)Nc3ccc(Br)c(C)c3)CC2)cc1. The molecule has 0 aliphatic carbocycles. The maximum atomic E-state index is 12.8. The first-order valence-electron chi connectivity index (χ1n) is 10.5. The summed E-state index contributed by atoms with van der Waals surface area (Å²) < 4.78 is 28.0. The number of nitrogens with zero attached hydrogens (tertiary/aromatic N) is 1. The summed E-state index contributed by atoms with van der Waals surface area (Å²) in [7, 11) is -3.57. The quantitative estimate of drug-likeness (QED) is 0.606. The topological polar surface area (TPSA) is 95.6 Å². The van der Waals surface area contributed by atoms with E-state index in [-0.39, 0.29) is 35.7 Å². The van der Waals surface area contributed by atoms with E-state index in [1.807, 2.05) is 26.0 Å². The monoisotopic (exact) mass is 521 g/mol. The molecule has 2 aromatic rings. The third kappa shape index (κ3) is 5.76. The third-order valence-electron chi connectivity index (χ3n) is 5.66. The maximum absolute atomic E-state index is 12.8. The van der Waals surface area contributed by atoms with Gasteiger partial charge < -0.3 is 10.6 Å². The van der Waals surface area contributed by atoms with Gasteiger partial charge in [-0.3, -0.25) is 9.59 Å². The Morgan fingerprint density at radius 2 is 1.69 bits per heavy atom. The summed E-state index contributed by atoms with van der Waals surface area (Å²) >= 11 is 3.42. The van der Waals surface area contributed by atoms with Gasteiger partial charge in [-0.2, -0.15) is 4.31 Å². The van der Waals surface area contributed by atoms with Gasteiger partial charge >= 0.3 is 0 Å². The van der Waals surface area contributed by atoms with Gasteiger partial charge in [0.05, 0.1) is 4.90 Å². The van der Waals surface area contributed by atoms with Crippen LogP contribution in [0.2, 0.25) is 0 Å². The van der Waals surface area contributed by atoms with E-state index in [1.54, 1.807) is 37.3 Å². The molecule has 3 rings (SSSR count). The fourth-order valence-electron chi connectivity index (χ4n) is 3.59. The minimum Gasteiger partial charge on any atom is -0.344 e. The summed E-state index contributed by atoms with van der Waals surface area (Å²) in [5, 5.41) is 5.56. The number of benzene rings is 2. The number of aryl methyl sites for hydroxylation is 2. The van der Waals surface area contributed by atoms with Gasteiger partial charge in [0.2, 0.25) is 21.8 Å². The minimum absolute atomic E-state index is 0.230. The zero-order chi connectivity index (χ0) is 23.5. The molecule has 0 spiro atoms. The highest BCUT2D eigenvalue weighted by Crippen LogP contribution is 2.24. The van der Waals surface area contributed by atoms with Gasteiger partial charge in [-0.15, -0.1) is 0 Å². The average Bonchev–Trinajstić information content (AvgIpc) is 2.76. The third-order valence-corrected chi connectivity index (χ3v) is 8.46. The fourth-order valence-corrected chi connectivity index (χ4v) is 5.30.